The van der Waals surface area contributed by atoms with Crippen molar-refractivity contribution in [3.8, 4) is 0 Å². The van der Waals surface area contributed by atoms with E-state index in [9.17, 15) is 0 Å². The van der Waals surface area contributed by atoms with Crippen LogP contribution in [-0.4, -0.2) is 24.0 Å². The summed E-state index contributed by atoms with van der Waals surface area (Å²) >= 11 is 0. The van der Waals surface area contributed by atoms with Crippen molar-refractivity contribution >= 4 is 0 Å². The van der Waals surface area contributed by atoms with E-state index >= 15 is 0 Å². The van der Waals surface area contributed by atoms with Crippen LogP contribution < -0.4 is 0 Å². The molecule has 4 unspecified atom stereocenters. The van der Waals surface area contributed by atoms with E-state index in [2.05, 4.69) is 11.9 Å². The molecule has 0 aromatic heterocycles. The summed E-state index contributed by atoms with van der Waals surface area (Å²) in [5.41, 5.74) is 0. The summed E-state index contributed by atoms with van der Waals surface area (Å²) in [5, 5.41) is 0. The summed E-state index contributed by atoms with van der Waals surface area (Å²) in [6.07, 6.45) is 12.1. The molecule has 0 aromatic rings. The minimum Gasteiger partial charge on any atom is -0.300 e. The molecule has 1 nitrogen and oxygen atoms in total. The van der Waals surface area contributed by atoms with E-state index in [-0.39, 0.29) is 0 Å². The first-order valence-corrected chi connectivity index (χ1v) is 6.60. The van der Waals surface area contributed by atoms with Gasteiger partial charge in [0.2, 0.25) is 0 Å². The molecule has 0 spiro atoms. The number of nitrogens with zero attached hydrogens (tertiary/aromatic N) is 1. The Morgan fingerprint density at radius 2 is 1.14 bits per heavy atom. The van der Waals surface area contributed by atoms with E-state index in [0.29, 0.717) is 0 Å². The molecule has 3 rings (SSSR count). The van der Waals surface area contributed by atoms with Crippen LogP contribution in [0.25, 0.3) is 0 Å². The second kappa shape index (κ2) is 3.52. The average Bonchev–Trinajstić information content (AvgIpc) is 2.55. The molecule has 80 valence electrons. The maximum atomic E-state index is 2.76. The van der Waals surface area contributed by atoms with Crippen LogP contribution in [0.2, 0.25) is 0 Å². The first-order valence-electron chi connectivity index (χ1n) is 6.60. The summed E-state index contributed by atoms with van der Waals surface area (Å²) in [5.74, 6) is 2.16. The third-order valence-electron chi connectivity index (χ3n) is 5.16. The van der Waals surface area contributed by atoms with Gasteiger partial charge in [-0.05, 0) is 44.6 Å². The van der Waals surface area contributed by atoms with Gasteiger partial charge in [-0.2, -0.15) is 0 Å². The molecule has 0 bridgehead atoms. The van der Waals surface area contributed by atoms with Gasteiger partial charge in [0.15, 0.2) is 0 Å². The maximum Gasteiger partial charge on any atom is 0.0127 e. The standard InChI is InChI=1S/C13H23N/c1-14-12-8-4-2-6-10(12)11-7-3-5-9-13(11)14/h10-13H,2-9H2,1H3. The van der Waals surface area contributed by atoms with E-state index in [0.717, 1.165) is 23.9 Å². The van der Waals surface area contributed by atoms with Gasteiger partial charge in [-0.25, -0.2) is 0 Å². The largest absolute Gasteiger partial charge is 0.300 e. The molecule has 0 aromatic carbocycles. The highest BCUT2D eigenvalue weighted by Crippen LogP contribution is 2.48. The van der Waals surface area contributed by atoms with Gasteiger partial charge in [-0.3, -0.25) is 4.90 Å². The molecule has 0 N–H and O–H groups in total. The molecule has 0 amide bonds. The van der Waals surface area contributed by atoms with Crippen molar-refractivity contribution in [1.82, 2.24) is 4.90 Å². The minimum absolute atomic E-state index is 0.969. The highest BCUT2D eigenvalue weighted by atomic mass is 15.2. The lowest BCUT2D eigenvalue weighted by atomic mass is 9.73. The lowest BCUT2D eigenvalue weighted by molar-refractivity contribution is 0.176. The fourth-order valence-electron chi connectivity index (χ4n) is 4.54. The summed E-state index contributed by atoms with van der Waals surface area (Å²) in [6.45, 7) is 0. The summed E-state index contributed by atoms with van der Waals surface area (Å²) in [6, 6.07) is 1.94. The number of fused-ring (bicyclic) bond motifs is 3. The molecule has 14 heavy (non-hydrogen) atoms. The van der Waals surface area contributed by atoms with E-state index in [1.54, 1.807) is 0 Å². The van der Waals surface area contributed by atoms with Gasteiger partial charge in [-0.1, -0.05) is 25.7 Å². The van der Waals surface area contributed by atoms with Gasteiger partial charge < -0.3 is 0 Å². The van der Waals surface area contributed by atoms with Crippen molar-refractivity contribution in [2.45, 2.75) is 63.5 Å². The molecule has 1 aliphatic heterocycles. The third kappa shape index (κ3) is 1.25. The molecular weight excluding hydrogens is 170 g/mol. The molecule has 1 saturated heterocycles. The molecular formula is C13H23N. The van der Waals surface area contributed by atoms with Crippen molar-refractivity contribution in [2.24, 2.45) is 11.8 Å². The Morgan fingerprint density at radius 1 is 0.714 bits per heavy atom. The van der Waals surface area contributed by atoms with E-state index in [4.69, 9.17) is 0 Å². The normalized spacial score (nSPS) is 48.6. The lowest BCUT2D eigenvalue weighted by Crippen LogP contribution is -2.36. The average molecular weight is 193 g/mol. The van der Waals surface area contributed by atoms with Crippen molar-refractivity contribution in [1.29, 1.82) is 0 Å². The van der Waals surface area contributed by atoms with Crippen LogP contribution in [0.4, 0.5) is 0 Å². The number of hydrogen-bond acceptors (Lipinski definition) is 1. The zero-order valence-corrected chi connectivity index (χ0v) is 9.41. The summed E-state index contributed by atoms with van der Waals surface area (Å²) < 4.78 is 0. The zero-order chi connectivity index (χ0) is 9.54. The van der Waals surface area contributed by atoms with Gasteiger partial charge in [0.1, 0.15) is 0 Å². The summed E-state index contributed by atoms with van der Waals surface area (Å²) in [7, 11) is 2.40. The fraction of sp³-hybridized carbons (Fsp3) is 1.00. The lowest BCUT2D eigenvalue weighted by Gasteiger charge is -2.30. The number of rotatable bonds is 0. The summed E-state index contributed by atoms with van der Waals surface area (Å²) in [4.78, 5) is 2.76. The monoisotopic (exact) mass is 193 g/mol. The first kappa shape index (κ1) is 9.21. The quantitative estimate of drug-likeness (QED) is 0.571. The zero-order valence-electron chi connectivity index (χ0n) is 9.41. The molecule has 4 atom stereocenters. The Labute approximate surface area is 87.9 Å². The molecule has 3 aliphatic rings. The van der Waals surface area contributed by atoms with Crippen LogP contribution in [-0.2, 0) is 0 Å². The van der Waals surface area contributed by atoms with Crippen molar-refractivity contribution in [3.63, 3.8) is 0 Å². The Kier molecular flexibility index (Phi) is 2.31. The molecule has 0 radical (unpaired) electrons. The van der Waals surface area contributed by atoms with Crippen molar-refractivity contribution in [2.75, 3.05) is 7.05 Å². The van der Waals surface area contributed by atoms with Gasteiger partial charge in [-0.15, -0.1) is 0 Å². The second-order valence-corrected chi connectivity index (χ2v) is 5.70. The molecule has 2 aliphatic carbocycles. The van der Waals surface area contributed by atoms with Crippen LogP contribution >= 0.6 is 0 Å². The number of likely N-dealkylation sites (tertiary alicyclic amines) is 1. The Bertz CT molecular complexity index is 191. The fourth-order valence-corrected chi connectivity index (χ4v) is 4.54. The Morgan fingerprint density at radius 3 is 1.64 bits per heavy atom. The highest BCUT2D eigenvalue weighted by Gasteiger charge is 2.47. The van der Waals surface area contributed by atoms with Crippen molar-refractivity contribution < 1.29 is 0 Å². The van der Waals surface area contributed by atoms with Crippen molar-refractivity contribution in [3.05, 3.63) is 0 Å². The van der Waals surface area contributed by atoms with Gasteiger partial charge in [0.25, 0.3) is 0 Å². The van der Waals surface area contributed by atoms with E-state index in [1.807, 2.05) is 0 Å². The van der Waals surface area contributed by atoms with Gasteiger partial charge in [0, 0.05) is 12.1 Å². The van der Waals surface area contributed by atoms with E-state index in [1.165, 1.54) is 51.4 Å². The van der Waals surface area contributed by atoms with Crippen LogP contribution in [0.3, 0.4) is 0 Å². The van der Waals surface area contributed by atoms with Gasteiger partial charge in [0.05, 0.1) is 0 Å². The topological polar surface area (TPSA) is 3.24 Å². The van der Waals surface area contributed by atoms with Gasteiger partial charge >= 0.3 is 0 Å². The Balaban J connectivity index is 1.83. The first-order chi connectivity index (χ1) is 6.88. The minimum atomic E-state index is 0.969. The molecule has 2 saturated carbocycles. The third-order valence-corrected chi connectivity index (χ3v) is 5.16. The molecule has 1 heterocycles. The van der Waals surface area contributed by atoms with Crippen LogP contribution in [0.15, 0.2) is 0 Å². The van der Waals surface area contributed by atoms with Crippen LogP contribution in [0.1, 0.15) is 51.4 Å². The smallest absolute Gasteiger partial charge is 0.0127 e. The maximum absolute atomic E-state index is 2.76. The van der Waals surface area contributed by atoms with Crippen LogP contribution in [0.5, 0.6) is 0 Å². The predicted octanol–water partition coefficient (Wildman–Crippen LogP) is 3.05. The molecule has 1 heteroatoms. The SMILES string of the molecule is CN1C2CCCCC2C2CCCCC21. The molecule has 3 fully saturated rings. The Hall–Kier alpha value is -0.0400. The predicted molar refractivity (Wildman–Crippen MR) is 59.3 cm³/mol. The highest BCUT2D eigenvalue weighted by molar-refractivity contribution is 5.01. The van der Waals surface area contributed by atoms with E-state index < -0.39 is 0 Å². The van der Waals surface area contributed by atoms with Crippen LogP contribution in [0, 0.1) is 11.8 Å². The second-order valence-electron chi connectivity index (χ2n) is 5.70. The number of hydrogen-bond donors (Lipinski definition) is 0.